The molecule has 5 nitrogen and oxygen atoms in total. The summed E-state index contributed by atoms with van der Waals surface area (Å²) in [5, 5.41) is 5.26. The van der Waals surface area contributed by atoms with E-state index in [0.29, 0.717) is 11.3 Å². The molecule has 4 N–H and O–H groups in total. The summed E-state index contributed by atoms with van der Waals surface area (Å²) in [6, 6.07) is 6.11. The van der Waals surface area contributed by atoms with Gasteiger partial charge in [0.05, 0.1) is 6.04 Å². The molecule has 19 heavy (non-hydrogen) atoms. The molecule has 1 aromatic rings. The molecule has 0 heterocycles. The summed E-state index contributed by atoms with van der Waals surface area (Å²) in [5.74, 6) is -0.460. The Hall–Kier alpha value is -1.88. The first kappa shape index (κ1) is 15.2. The minimum atomic E-state index is -0.615. The molecular formula is C14H21N3O2. The maximum absolute atomic E-state index is 12.0. The molecule has 0 saturated carbocycles. The Labute approximate surface area is 113 Å². The largest absolute Gasteiger partial charge is 0.355 e. The van der Waals surface area contributed by atoms with E-state index in [-0.39, 0.29) is 17.2 Å². The Morgan fingerprint density at radius 1 is 1.26 bits per heavy atom. The smallest absolute Gasteiger partial charge is 0.251 e. The second-order valence-electron chi connectivity index (χ2n) is 5.49. The van der Waals surface area contributed by atoms with Crippen molar-refractivity contribution >= 4 is 17.5 Å². The number of nitrogens with one attached hydrogen (secondary N) is 2. The topological polar surface area (TPSA) is 84.2 Å². The molecule has 1 atom stereocenters. The molecule has 0 fully saturated rings. The molecule has 0 aliphatic carbocycles. The molecule has 0 spiro atoms. The lowest BCUT2D eigenvalue weighted by atomic mass is 9.87. The summed E-state index contributed by atoms with van der Waals surface area (Å²) in [6.07, 6.45) is 0. The van der Waals surface area contributed by atoms with Gasteiger partial charge in [-0.1, -0.05) is 26.8 Å². The van der Waals surface area contributed by atoms with Crippen molar-refractivity contribution in [2.75, 3.05) is 12.4 Å². The number of amides is 2. The summed E-state index contributed by atoms with van der Waals surface area (Å²) in [5.41, 5.74) is 6.61. The Kier molecular flexibility index (Phi) is 4.67. The highest BCUT2D eigenvalue weighted by Gasteiger charge is 2.27. The van der Waals surface area contributed by atoms with Gasteiger partial charge in [-0.3, -0.25) is 9.59 Å². The van der Waals surface area contributed by atoms with E-state index in [4.69, 9.17) is 5.73 Å². The van der Waals surface area contributed by atoms with Crippen LogP contribution in [0.2, 0.25) is 0 Å². The molecule has 0 aromatic heterocycles. The molecule has 104 valence electrons. The molecule has 1 unspecified atom stereocenters. The SMILES string of the molecule is CNC(=O)c1cccc(NC(=O)C(N)C(C)(C)C)c1. The molecule has 0 bridgehead atoms. The molecule has 0 saturated heterocycles. The van der Waals surface area contributed by atoms with Crippen molar-refractivity contribution in [3.63, 3.8) is 0 Å². The lowest BCUT2D eigenvalue weighted by Crippen LogP contribution is -2.45. The predicted molar refractivity (Wildman–Crippen MR) is 75.9 cm³/mol. The maximum Gasteiger partial charge on any atom is 0.251 e. The lowest BCUT2D eigenvalue weighted by molar-refractivity contribution is -0.119. The van der Waals surface area contributed by atoms with Gasteiger partial charge in [0.2, 0.25) is 5.91 Å². The highest BCUT2D eigenvalue weighted by Crippen LogP contribution is 2.19. The summed E-state index contributed by atoms with van der Waals surface area (Å²) < 4.78 is 0. The highest BCUT2D eigenvalue weighted by atomic mass is 16.2. The first-order valence-electron chi connectivity index (χ1n) is 6.14. The number of rotatable bonds is 3. The number of carbonyl (C=O) groups excluding carboxylic acids is 2. The quantitative estimate of drug-likeness (QED) is 0.769. The van der Waals surface area contributed by atoms with Crippen LogP contribution in [0.3, 0.4) is 0 Å². The molecule has 1 aromatic carbocycles. The highest BCUT2D eigenvalue weighted by molar-refractivity contribution is 5.98. The minimum Gasteiger partial charge on any atom is -0.355 e. The lowest BCUT2D eigenvalue weighted by Gasteiger charge is -2.25. The van der Waals surface area contributed by atoms with Gasteiger partial charge in [0, 0.05) is 18.3 Å². The van der Waals surface area contributed by atoms with Gasteiger partial charge < -0.3 is 16.4 Å². The van der Waals surface area contributed by atoms with Crippen molar-refractivity contribution < 1.29 is 9.59 Å². The van der Waals surface area contributed by atoms with Crippen LogP contribution in [0.25, 0.3) is 0 Å². The Morgan fingerprint density at radius 2 is 1.89 bits per heavy atom. The third-order valence-electron chi connectivity index (χ3n) is 2.83. The predicted octanol–water partition coefficient (Wildman–Crippen LogP) is 1.36. The minimum absolute atomic E-state index is 0.198. The van der Waals surface area contributed by atoms with Crippen molar-refractivity contribution in [1.82, 2.24) is 5.32 Å². The van der Waals surface area contributed by atoms with Crippen LogP contribution in [-0.4, -0.2) is 24.9 Å². The number of benzene rings is 1. The van der Waals surface area contributed by atoms with Gasteiger partial charge in [0.15, 0.2) is 0 Å². The zero-order chi connectivity index (χ0) is 14.6. The fourth-order valence-corrected chi connectivity index (χ4v) is 1.50. The zero-order valence-corrected chi connectivity index (χ0v) is 11.8. The van der Waals surface area contributed by atoms with Crippen molar-refractivity contribution in [3.05, 3.63) is 29.8 Å². The normalized spacial score (nSPS) is 12.7. The second-order valence-corrected chi connectivity index (χ2v) is 5.49. The fraction of sp³-hybridized carbons (Fsp3) is 0.429. The number of anilines is 1. The molecule has 0 radical (unpaired) electrons. The van der Waals surface area contributed by atoms with Crippen molar-refractivity contribution in [2.24, 2.45) is 11.1 Å². The van der Waals surface area contributed by atoms with Gasteiger partial charge >= 0.3 is 0 Å². The standard InChI is InChI=1S/C14H21N3O2/c1-14(2,3)11(15)13(19)17-10-7-5-6-9(8-10)12(18)16-4/h5-8,11H,15H2,1-4H3,(H,16,18)(H,17,19). The molecule has 5 heteroatoms. The van der Waals surface area contributed by atoms with E-state index in [0.717, 1.165) is 0 Å². The van der Waals surface area contributed by atoms with Gasteiger partial charge in [-0.25, -0.2) is 0 Å². The van der Waals surface area contributed by atoms with E-state index in [1.807, 2.05) is 20.8 Å². The van der Waals surface area contributed by atoms with Crippen molar-refractivity contribution in [1.29, 1.82) is 0 Å². The van der Waals surface area contributed by atoms with E-state index in [2.05, 4.69) is 10.6 Å². The summed E-state index contributed by atoms with van der Waals surface area (Å²) >= 11 is 0. The van der Waals surface area contributed by atoms with E-state index >= 15 is 0 Å². The average molecular weight is 263 g/mol. The van der Waals surface area contributed by atoms with E-state index < -0.39 is 6.04 Å². The number of hydrogen-bond acceptors (Lipinski definition) is 3. The summed E-state index contributed by atoms with van der Waals surface area (Å²) in [4.78, 5) is 23.5. The Bertz CT molecular complexity index is 478. The van der Waals surface area contributed by atoms with Gasteiger partial charge in [0.25, 0.3) is 5.91 Å². The second kappa shape index (κ2) is 5.84. The third kappa shape index (κ3) is 4.06. The third-order valence-corrected chi connectivity index (χ3v) is 2.83. The van der Waals surface area contributed by atoms with Gasteiger partial charge in [-0.15, -0.1) is 0 Å². The Balaban J connectivity index is 2.83. The average Bonchev–Trinajstić information content (AvgIpc) is 2.36. The van der Waals surface area contributed by atoms with Gasteiger partial charge in [-0.05, 0) is 23.6 Å². The van der Waals surface area contributed by atoms with Crippen LogP contribution in [0.1, 0.15) is 31.1 Å². The van der Waals surface area contributed by atoms with Gasteiger partial charge in [-0.2, -0.15) is 0 Å². The first-order chi connectivity index (χ1) is 8.75. The number of hydrogen-bond donors (Lipinski definition) is 3. The zero-order valence-electron chi connectivity index (χ0n) is 11.8. The van der Waals surface area contributed by atoms with Crippen LogP contribution < -0.4 is 16.4 Å². The van der Waals surface area contributed by atoms with E-state index in [1.54, 1.807) is 31.3 Å². The van der Waals surface area contributed by atoms with Crippen LogP contribution in [-0.2, 0) is 4.79 Å². The number of carbonyl (C=O) groups is 2. The fourth-order valence-electron chi connectivity index (χ4n) is 1.50. The maximum atomic E-state index is 12.0. The summed E-state index contributed by atoms with van der Waals surface area (Å²) in [7, 11) is 1.56. The van der Waals surface area contributed by atoms with Crippen molar-refractivity contribution in [2.45, 2.75) is 26.8 Å². The van der Waals surface area contributed by atoms with Crippen LogP contribution in [0.15, 0.2) is 24.3 Å². The molecule has 0 aliphatic heterocycles. The molecule has 2 amide bonds. The first-order valence-corrected chi connectivity index (χ1v) is 6.14. The number of nitrogens with two attached hydrogens (primary N) is 1. The molecular weight excluding hydrogens is 242 g/mol. The van der Waals surface area contributed by atoms with E-state index in [1.165, 1.54) is 0 Å². The van der Waals surface area contributed by atoms with E-state index in [9.17, 15) is 9.59 Å². The van der Waals surface area contributed by atoms with Crippen LogP contribution >= 0.6 is 0 Å². The molecule has 0 aliphatic rings. The van der Waals surface area contributed by atoms with Crippen molar-refractivity contribution in [3.8, 4) is 0 Å². The molecule has 1 rings (SSSR count). The monoisotopic (exact) mass is 263 g/mol. The summed E-state index contributed by atoms with van der Waals surface area (Å²) in [6.45, 7) is 5.70. The Morgan fingerprint density at radius 3 is 2.42 bits per heavy atom. The van der Waals surface area contributed by atoms with Crippen LogP contribution in [0.5, 0.6) is 0 Å². The van der Waals surface area contributed by atoms with Crippen LogP contribution in [0, 0.1) is 5.41 Å². The van der Waals surface area contributed by atoms with Crippen LogP contribution in [0.4, 0.5) is 5.69 Å². The van der Waals surface area contributed by atoms with Gasteiger partial charge in [0.1, 0.15) is 0 Å².